The third-order valence-electron chi connectivity index (χ3n) is 6.01. The molecule has 160 valence electrons. The van der Waals surface area contributed by atoms with Gasteiger partial charge in [0.15, 0.2) is 0 Å². The largest absolute Gasteiger partial charge is 0.340 e. The van der Waals surface area contributed by atoms with Crippen LogP contribution in [0.15, 0.2) is 64.5 Å². The average molecular weight is 438 g/mol. The van der Waals surface area contributed by atoms with Crippen molar-refractivity contribution < 1.29 is 8.42 Å². The maximum Gasteiger partial charge on any atom is 0.275 e. The molecule has 9 heteroatoms. The zero-order valence-electron chi connectivity index (χ0n) is 17.1. The van der Waals surface area contributed by atoms with Gasteiger partial charge in [0.2, 0.25) is 5.95 Å². The first-order valence-corrected chi connectivity index (χ1v) is 11.7. The molecule has 1 saturated heterocycles. The molecule has 1 fully saturated rings. The van der Waals surface area contributed by atoms with Gasteiger partial charge < -0.3 is 9.47 Å². The van der Waals surface area contributed by atoms with E-state index in [1.807, 2.05) is 13.0 Å². The zero-order valence-corrected chi connectivity index (χ0v) is 17.9. The summed E-state index contributed by atoms with van der Waals surface area (Å²) in [6.45, 7) is 3.94. The highest BCUT2D eigenvalue weighted by atomic mass is 32.2. The van der Waals surface area contributed by atoms with Gasteiger partial charge in [-0.15, -0.1) is 0 Å². The second-order valence-electron chi connectivity index (χ2n) is 8.26. The van der Waals surface area contributed by atoms with Crippen LogP contribution in [0.4, 0.5) is 11.6 Å². The minimum atomic E-state index is -3.83. The molecule has 31 heavy (non-hydrogen) atoms. The normalized spacial score (nSPS) is 20.2. The van der Waals surface area contributed by atoms with Crippen LogP contribution >= 0.6 is 0 Å². The molecular formula is C22H23N5O3S. The number of anilines is 2. The molecule has 4 heterocycles. The fraction of sp³-hybridized carbons (Fsp3) is 0.318. The lowest BCUT2D eigenvalue weighted by Gasteiger charge is -2.42. The number of aryl methyl sites for hydroxylation is 1. The number of nitrogens with zero attached hydrogens (tertiary/aromatic N) is 4. The van der Waals surface area contributed by atoms with Gasteiger partial charge in [-0.25, -0.2) is 18.4 Å². The van der Waals surface area contributed by atoms with E-state index in [2.05, 4.69) is 19.6 Å². The van der Waals surface area contributed by atoms with Crippen LogP contribution in [-0.2, 0) is 16.6 Å². The van der Waals surface area contributed by atoms with Gasteiger partial charge in [0, 0.05) is 43.6 Å². The SMILES string of the molecule is Cc1ccc(S(=O)(=O)Nc2ccc3n(c2=O)C[C@H]2C[C@@H]3CN(c3ncccn3)C2)cc1. The molecular weight excluding hydrogens is 414 g/mol. The van der Waals surface area contributed by atoms with Crippen molar-refractivity contribution >= 4 is 21.7 Å². The lowest BCUT2D eigenvalue weighted by Crippen LogP contribution is -2.48. The summed E-state index contributed by atoms with van der Waals surface area (Å²) in [4.78, 5) is 24.2. The van der Waals surface area contributed by atoms with E-state index in [0.29, 0.717) is 12.5 Å². The van der Waals surface area contributed by atoms with Gasteiger partial charge in [-0.3, -0.25) is 9.52 Å². The van der Waals surface area contributed by atoms with Crippen LogP contribution in [0.2, 0.25) is 0 Å². The number of fused-ring (bicyclic) bond motifs is 4. The monoisotopic (exact) mass is 437 g/mol. The molecule has 2 atom stereocenters. The summed E-state index contributed by atoms with van der Waals surface area (Å²) < 4.78 is 29.7. The number of hydrogen-bond acceptors (Lipinski definition) is 6. The number of pyridine rings is 1. The summed E-state index contributed by atoms with van der Waals surface area (Å²) in [6, 6.07) is 11.8. The van der Waals surface area contributed by atoms with Crippen LogP contribution in [-0.4, -0.2) is 36.0 Å². The van der Waals surface area contributed by atoms with Gasteiger partial charge in [0.05, 0.1) is 4.90 Å². The van der Waals surface area contributed by atoms with E-state index in [0.717, 1.165) is 30.8 Å². The van der Waals surface area contributed by atoms with Crippen LogP contribution in [0.5, 0.6) is 0 Å². The summed E-state index contributed by atoms with van der Waals surface area (Å²) >= 11 is 0. The fourth-order valence-electron chi connectivity index (χ4n) is 4.56. The fourth-order valence-corrected chi connectivity index (χ4v) is 5.62. The molecule has 1 N–H and O–H groups in total. The van der Waals surface area contributed by atoms with E-state index >= 15 is 0 Å². The smallest absolute Gasteiger partial charge is 0.275 e. The molecule has 0 radical (unpaired) electrons. The lowest BCUT2D eigenvalue weighted by molar-refractivity contribution is 0.280. The van der Waals surface area contributed by atoms with E-state index in [-0.39, 0.29) is 28.0 Å². The number of piperidine rings is 1. The van der Waals surface area contributed by atoms with Crippen LogP contribution in [0.1, 0.15) is 23.6 Å². The Morgan fingerprint density at radius 3 is 2.48 bits per heavy atom. The molecule has 8 nitrogen and oxygen atoms in total. The van der Waals surface area contributed by atoms with Crippen molar-refractivity contribution in [3.05, 3.63) is 76.5 Å². The summed E-state index contributed by atoms with van der Waals surface area (Å²) in [5, 5.41) is 0. The number of rotatable bonds is 4. The van der Waals surface area contributed by atoms with Gasteiger partial charge in [-0.2, -0.15) is 0 Å². The van der Waals surface area contributed by atoms with E-state index in [1.54, 1.807) is 53.4 Å². The minimum absolute atomic E-state index is 0.0764. The topological polar surface area (TPSA) is 97.2 Å². The summed E-state index contributed by atoms with van der Waals surface area (Å²) in [7, 11) is -3.83. The molecule has 0 unspecified atom stereocenters. The number of hydrogen-bond donors (Lipinski definition) is 1. The molecule has 2 bridgehead atoms. The van der Waals surface area contributed by atoms with E-state index in [9.17, 15) is 13.2 Å². The Balaban J connectivity index is 1.44. The highest BCUT2D eigenvalue weighted by Gasteiger charge is 2.36. The van der Waals surface area contributed by atoms with Gasteiger partial charge >= 0.3 is 0 Å². The maximum atomic E-state index is 13.2. The molecule has 2 aliphatic rings. The molecule has 0 saturated carbocycles. The van der Waals surface area contributed by atoms with Crippen molar-refractivity contribution in [3.63, 3.8) is 0 Å². The third-order valence-corrected chi connectivity index (χ3v) is 7.40. The second-order valence-corrected chi connectivity index (χ2v) is 9.94. The van der Waals surface area contributed by atoms with E-state index in [4.69, 9.17) is 0 Å². The summed E-state index contributed by atoms with van der Waals surface area (Å²) in [5.41, 5.74) is 1.68. The quantitative estimate of drug-likeness (QED) is 0.673. The Morgan fingerprint density at radius 2 is 1.74 bits per heavy atom. The predicted octanol–water partition coefficient (Wildman–Crippen LogP) is 2.37. The molecule has 2 aromatic heterocycles. The number of aromatic nitrogens is 3. The Labute approximate surface area is 180 Å². The maximum absolute atomic E-state index is 13.2. The predicted molar refractivity (Wildman–Crippen MR) is 118 cm³/mol. The van der Waals surface area contributed by atoms with Crippen molar-refractivity contribution in [2.24, 2.45) is 5.92 Å². The molecule has 0 spiro atoms. The molecule has 0 aliphatic carbocycles. The van der Waals surface area contributed by atoms with Crippen molar-refractivity contribution in [2.45, 2.75) is 30.7 Å². The van der Waals surface area contributed by atoms with Crippen molar-refractivity contribution in [2.75, 3.05) is 22.7 Å². The van der Waals surface area contributed by atoms with Crippen LogP contribution < -0.4 is 15.2 Å². The molecule has 1 aromatic carbocycles. The Hall–Kier alpha value is -3.20. The van der Waals surface area contributed by atoms with E-state index < -0.39 is 10.0 Å². The lowest BCUT2D eigenvalue weighted by atomic mass is 9.83. The van der Waals surface area contributed by atoms with Gasteiger partial charge in [-0.1, -0.05) is 17.7 Å². The second kappa shape index (κ2) is 7.49. The molecule has 5 rings (SSSR count). The summed E-state index contributed by atoms with van der Waals surface area (Å²) in [6.07, 6.45) is 4.46. The van der Waals surface area contributed by atoms with Gasteiger partial charge in [0.25, 0.3) is 15.6 Å². The van der Waals surface area contributed by atoms with Gasteiger partial charge in [-0.05, 0) is 49.6 Å². The Kier molecular flexibility index (Phi) is 4.77. The first-order valence-electron chi connectivity index (χ1n) is 10.3. The Morgan fingerprint density at radius 1 is 1.00 bits per heavy atom. The standard InChI is InChI=1S/C22H23N5O3S/c1-15-3-5-18(6-4-15)31(29,30)25-19-7-8-20-17-11-16(13-27(20)21(19)28)12-26(14-17)22-23-9-2-10-24-22/h2-10,16-17,25H,11-14H2,1H3/t16-,17+/m0/s1. The highest BCUT2D eigenvalue weighted by molar-refractivity contribution is 7.92. The van der Waals surface area contributed by atoms with Crippen LogP contribution in [0, 0.1) is 12.8 Å². The highest BCUT2D eigenvalue weighted by Crippen LogP contribution is 2.36. The third kappa shape index (κ3) is 3.69. The van der Waals surface area contributed by atoms with Crippen LogP contribution in [0.25, 0.3) is 0 Å². The van der Waals surface area contributed by atoms with Crippen molar-refractivity contribution in [1.29, 1.82) is 0 Å². The first kappa shape index (κ1) is 19.7. The summed E-state index contributed by atoms with van der Waals surface area (Å²) in [5.74, 6) is 1.15. The van der Waals surface area contributed by atoms with E-state index in [1.165, 1.54) is 0 Å². The molecule has 3 aromatic rings. The van der Waals surface area contributed by atoms with Gasteiger partial charge in [0.1, 0.15) is 5.69 Å². The molecule has 0 amide bonds. The first-order chi connectivity index (χ1) is 14.9. The number of benzene rings is 1. The zero-order chi connectivity index (χ0) is 21.6. The van der Waals surface area contributed by atoms with Crippen molar-refractivity contribution in [3.8, 4) is 0 Å². The molecule has 2 aliphatic heterocycles. The minimum Gasteiger partial charge on any atom is -0.340 e. The number of nitrogens with one attached hydrogen (secondary N) is 1. The Bertz CT molecular complexity index is 1270. The number of sulfonamides is 1. The average Bonchev–Trinajstić information content (AvgIpc) is 2.77. The van der Waals surface area contributed by atoms with Crippen molar-refractivity contribution in [1.82, 2.24) is 14.5 Å². The van der Waals surface area contributed by atoms with Crippen LogP contribution in [0.3, 0.4) is 0 Å².